The van der Waals surface area contributed by atoms with Crippen LogP contribution >= 0.6 is 11.6 Å². The molecule has 0 aliphatic rings. The Morgan fingerprint density at radius 2 is 1.75 bits per heavy atom. The molecule has 1 N–H and O–H groups in total. The van der Waals surface area contributed by atoms with Crippen LogP contribution in [0.5, 0.6) is 5.75 Å². The average molecular weight is 290 g/mol. The smallest absolute Gasteiger partial charge is 0.251 e. The zero-order valence-electron chi connectivity index (χ0n) is 11.0. The number of carbonyl (C=O) groups is 1. The first-order valence-corrected chi connectivity index (χ1v) is 6.94. The van der Waals surface area contributed by atoms with Gasteiger partial charge in [-0.1, -0.05) is 30.3 Å². The highest BCUT2D eigenvalue weighted by Crippen LogP contribution is 2.14. The average Bonchev–Trinajstić information content (AvgIpc) is 2.52. The Morgan fingerprint density at radius 1 is 1.05 bits per heavy atom. The second-order valence-electron chi connectivity index (χ2n) is 4.24. The minimum atomic E-state index is -0.125. The number of hydrogen-bond donors (Lipinski definition) is 1. The van der Waals surface area contributed by atoms with Crippen LogP contribution in [0, 0.1) is 0 Å². The van der Waals surface area contributed by atoms with Gasteiger partial charge in [0.15, 0.2) is 0 Å². The molecule has 2 aromatic rings. The van der Waals surface area contributed by atoms with Crippen LogP contribution in [0.25, 0.3) is 0 Å². The molecule has 3 nitrogen and oxygen atoms in total. The molecule has 0 heterocycles. The van der Waals surface area contributed by atoms with E-state index in [1.54, 1.807) is 24.3 Å². The van der Waals surface area contributed by atoms with Crippen molar-refractivity contribution in [2.75, 3.05) is 12.4 Å². The van der Waals surface area contributed by atoms with Gasteiger partial charge in [0.05, 0.1) is 0 Å². The lowest BCUT2D eigenvalue weighted by atomic mass is 10.2. The predicted octanol–water partition coefficient (Wildman–Crippen LogP) is 3.23. The standard InChI is InChI=1S/C16H16ClNO2/c17-10-11-18-16(19)14-6-8-15(9-7-14)20-12-13-4-2-1-3-5-13/h1-9H,10-12H2,(H,18,19). The lowest BCUT2D eigenvalue weighted by molar-refractivity contribution is 0.0956. The zero-order chi connectivity index (χ0) is 14.2. The van der Waals surface area contributed by atoms with Gasteiger partial charge >= 0.3 is 0 Å². The van der Waals surface area contributed by atoms with Gasteiger partial charge in [0, 0.05) is 18.0 Å². The van der Waals surface area contributed by atoms with Crippen molar-refractivity contribution in [3.63, 3.8) is 0 Å². The fraction of sp³-hybridized carbons (Fsp3) is 0.188. The molecule has 0 saturated heterocycles. The van der Waals surface area contributed by atoms with Gasteiger partial charge in [-0.2, -0.15) is 0 Å². The molecular formula is C16H16ClNO2. The number of hydrogen-bond acceptors (Lipinski definition) is 2. The molecule has 2 rings (SSSR count). The van der Waals surface area contributed by atoms with Crippen LogP contribution in [0.2, 0.25) is 0 Å². The fourth-order valence-corrected chi connectivity index (χ4v) is 1.80. The number of amides is 1. The third-order valence-electron chi connectivity index (χ3n) is 2.74. The summed E-state index contributed by atoms with van der Waals surface area (Å²) >= 11 is 5.52. The molecule has 2 aromatic carbocycles. The molecule has 104 valence electrons. The van der Waals surface area contributed by atoms with Crippen molar-refractivity contribution >= 4 is 17.5 Å². The van der Waals surface area contributed by atoms with E-state index in [9.17, 15) is 4.79 Å². The van der Waals surface area contributed by atoms with Gasteiger partial charge in [-0.05, 0) is 29.8 Å². The van der Waals surface area contributed by atoms with E-state index in [-0.39, 0.29) is 5.91 Å². The Bertz CT molecular complexity index is 540. The molecule has 0 aliphatic heterocycles. The largest absolute Gasteiger partial charge is 0.489 e. The number of ether oxygens (including phenoxy) is 1. The van der Waals surface area contributed by atoms with Crippen LogP contribution < -0.4 is 10.1 Å². The number of rotatable bonds is 6. The predicted molar refractivity (Wildman–Crippen MR) is 80.3 cm³/mol. The molecule has 0 unspecified atom stereocenters. The van der Waals surface area contributed by atoms with E-state index in [4.69, 9.17) is 16.3 Å². The van der Waals surface area contributed by atoms with Crippen molar-refractivity contribution in [2.45, 2.75) is 6.61 Å². The third kappa shape index (κ3) is 4.28. The van der Waals surface area contributed by atoms with Gasteiger partial charge in [0.25, 0.3) is 5.91 Å². The summed E-state index contributed by atoms with van der Waals surface area (Å²) < 4.78 is 5.66. The van der Waals surface area contributed by atoms with E-state index in [0.717, 1.165) is 11.3 Å². The highest BCUT2D eigenvalue weighted by Gasteiger charge is 2.04. The normalized spacial score (nSPS) is 10.1. The maximum Gasteiger partial charge on any atom is 0.251 e. The summed E-state index contributed by atoms with van der Waals surface area (Å²) in [6.07, 6.45) is 0. The maximum atomic E-state index is 11.7. The first-order chi connectivity index (χ1) is 9.79. The Morgan fingerprint density at radius 3 is 2.40 bits per heavy atom. The molecule has 0 radical (unpaired) electrons. The van der Waals surface area contributed by atoms with E-state index in [1.165, 1.54) is 0 Å². The van der Waals surface area contributed by atoms with Gasteiger partial charge in [0.2, 0.25) is 0 Å². The minimum Gasteiger partial charge on any atom is -0.489 e. The molecule has 1 amide bonds. The highest BCUT2D eigenvalue weighted by molar-refractivity contribution is 6.18. The Balaban J connectivity index is 1.90. The lowest BCUT2D eigenvalue weighted by Crippen LogP contribution is -2.25. The van der Waals surface area contributed by atoms with E-state index >= 15 is 0 Å². The molecule has 0 spiro atoms. The van der Waals surface area contributed by atoms with Crippen molar-refractivity contribution in [3.8, 4) is 5.75 Å². The van der Waals surface area contributed by atoms with Crippen molar-refractivity contribution in [2.24, 2.45) is 0 Å². The fourth-order valence-electron chi connectivity index (χ4n) is 1.71. The quantitative estimate of drug-likeness (QED) is 0.829. The SMILES string of the molecule is O=C(NCCCl)c1ccc(OCc2ccccc2)cc1. The van der Waals surface area contributed by atoms with E-state index < -0.39 is 0 Å². The molecule has 0 fully saturated rings. The van der Waals surface area contributed by atoms with Crippen LogP contribution in [-0.2, 0) is 6.61 Å². The van der Waals surface area contributed by atoms with Gasteiger partial charge in [-0.15, -0.1) is 11.6 Å². The van der Waals surface area contributed by atoms with Crippen LogP contribution in [0.3, 0.4) is 0 Å². The Labute approximate surface area is 123 Å². The molecule has 0 saturated carbocycles. The first kappa shape index (κ1) is 14.4. The molecule has 4 heteroatoms. The maximum absolute atomic E-state index is 11.7. The summed E-state index contributed by atoms with van der Waals surface area (Å²) in [7, 11) is 0. The number of nitrogens with one attached hydrogen (secondary N) is 1. The molecular weight excluding hydrogens is 274 g/mol. The van der Waals surface area contributed by atoms with Crippen molar-refractivity contribution in [1.82, 2.24) is 5.32 Å². The lowest BCUT2D eigenvalue weighted by Gasteiger charge is -2.07. The van der Waals surface area contributed by atoms with E-state index in [2.05, 4.69) is 5.32 Å². The molecule has 0 aliphatic carbocycles. The molecule has 0 atom stereocenters. The molecule has 20 heavy (non-hydrogen) atoms. The topological polar surface area (TPSA) is 38.3 Å². The van der Waals surface area contributed by atoms with Gasteiger partial charge in [-0.3, -0.25) is 4.79 Å². The summed E-state index contributed by atoms with van der Waals surface area (Å²) in [6, 6.07) is 17.0. The summed E-state index contributed by atoms with van der Waals surface area (Å²) in [5.41, 5.74) is 1.71. The minimum absolute atomic E-state index is 0.125. The van der Waals surface area contributed by atoms with E-state index in [1.807, 2.05) is 30.3 Å². The number of halogens is 1. The summed E-state index contributed by atoms with van der Waals surface area (Å²) in [5.74, 6) is 1.02. The third-order valence-corrected chi connectivity index (χ3v) is 2.93. The number of alkyl halides is 1. The zero-order valence-corrected chi connectivity index (χ0v) is 11.8. The highest BCUT2D eigenvalue weighted by atomic mass is 35.5. The molecule has 0 aromatic heterocycles. The second-order valence-corrected chi connectivity index (χ2v) is 4.62. The summed E-state index contributed by atoms with van der Waals surface area (Å²) in [6.45, 7) is 0.977. The van der Waals surface area contributed by atoms with Gasteiger partial charge < -0.3 is 10.1 Å². The second kappa shape index (κ2) is 7.56. The van der Waals surface area contributed by atoms with Gasteiger partial charge in [-0.25, -0.2) is 0 Å². The Hall–Kier alpha value is -2.00. The van der Waals surface area contributed by atoms with E-state index in [0.29, 0.717) is 24.6 Å². The Kier molecular flexibility index (Phi) is 5.44. The van der Waals surface area contributed by atoms with Crippen LogP contribution in [0.15, 0.2) is 54.6 Å². The summed E-state index contributed by atoms with van der Waals surface area (Å²) in [5, 5.41) is 2.71. The number of carbonyl (C=O) groups excluding carboxylic acids is 1. The number of benzene rings is 2. The van der Waals surface area contributed by atoms with Crippen LogP contribution in [0.4, 0.5) is 0 Å². The summed E-state index contributed by atoms with van der Waals surface area (Å²) in [4.78, 5) is 11.7. The van der Waals surface area contributed by atoms with Crippen LogP contribution in [-0.4, -0.2) is 18.3 Å². The van der Waals surface area contributed by atoms with Crippen LogP contribution in [0.1, 0.15) is 15.9 Å². The van der Waals surface area contributed by atoms with Crippen molar-refractivity contribution in [1.29, 1.82) is 0 Å². The van der Waals surface area contributed by atoms with Crippen molar-refractivity contribution < 1.29 is 9.53 Å². The monoisotopic (exact) mass is 289 g/mol. The van der Waals surface area contributed by atoms with Crippen molar-refractivity contribution in [3.05, 3.63) is 65.7 Å². The molecule has 0 bridgehead atoms. The van der Waals surface area contributed by atoms with Gasteiger partial charge in [0.1, 0.15) is 12.4 Å². The first-order valence-electron chi connectivity index (χ1n) is 6.40.